The summed E-state index contributed by atoms with van der Waals surface area (Å²) < 4.78 is 83.2. The lowest BCUT2D eigenvalue weighted by Crippen LogP contribution is -2.20. The van der Waals surface area contributed by atoms with Crippen LogP contribution < -0.4 is 30.7 Å². The first-order valence-electron chi connectivity index (χ1n) is 22.8. The number of anilines is 8. The minimum absolute atomic E-state index is 0.0375. The van der Waals surface area contributed by atoms with Gasteiger partial charge in [-0.3, -0.25) is 15.0 Å². The van der Waals surface area contributed by atoms with Crippen molar-refractivity contribution in [2.75, 3.05) is 77.9 Å². The number of hydrogen-bond donors (Lipinski definition) is 2. The van der Waals surface area contributed by atoms with E-state index in [1.54, 1.807) is 86.0 Å². The molecule has 0 spiro atoms. The molecule has 82 heavy (non-hydrogen) atoms. The number of nitrogen functional groups attached to an aromatic ring is 1. The number of nitrogens with one attached hydrogen (secondary N) is 1. The van der Waals surface area contributed by atoms with Crippen LogP contribution in [0.4, 0.5) is 72.9 Å². The highest BCUT2D eigenvalue weighted by Crippen LogP contribution is 2.35. The Balaban J connectivity index is 0.000000204. The maximum absolute atomic E-state index is 12.7. The number of aromatic nitrogens is 16. The monoisotopic (exact) mass is 1370 g/mol. The van der Waals surface area contributed by atoms with E-state index in [1.807, 2.05) is 72.9 Å². The molecule has 0 aromatic carbocycles. The van der Waals surface area contributed by atoms with E-state index in [9.17, 15) is 26.3 Å². The summed E-state index contributed by atoms with van der Waals surface area (Å²) in [4.78, 5) is 67.4. The van der Waals surface area contributed by atoms with Crippen LogP contribution in [-0.4, -0.2) is 127 Å². The summed E-state index contributed by atoms with van der Waals surface area (Å²) >= 11 is 13.6. The summed E-state index contributed by atoms with van der Waals surface area (Å²) in [5.74, 6) is 2.46. The number of rotatable bonds is 12. The van der Waals surface area contributed by atoms with Gasteiger partial charge in [-0.1, -0.05) is 60.4 Å². The van der Waals surface area contributed by atoms with Gasteiger partial charge in [-0.2, -0.15) is 36.3 Å². The highest BCUT2D eigenvalue weighted by Gasteiger charge is 2.39. The van der Waals surface area contributed by atoms with Crippen LogP contribution in [-0.2, 0) is 24.2 Å². The van der Waals surface area contributed by atoms with E-state index in [1.165, 1.54) is 47.9 Å². The molecule has 0 atom stereocenters. The standard InChI is InChI=1S/C18H15F3N8OS.C10H12N6.C8H4BrF3N2OS.C6H8ClN3.C4H5N3.CH3I/c1-28(2)13-7-14(25-10-24-13)29(15-8-22-5-6-23-15)9-11-3-4-12(31-11)16-26-17(30-27-16)18(19,20)21;1-16(2)10-5-8(13-7-14-10)15-9-6-11-3-4-12-9;9-3-4-1-2-5(16-4)6-13-7(15-14-6)8(10,11)12;1-10(2)6-3-5(7)8-4-9-6;5-4-3-6-1-2-7-4;1-2/h3-8,10H,9H2,1-2H3;3-7H,1-2H3,(H,12,13,14,15);1-2H,3H2;3-4H,1-2H3;1-3H,(H2,5,7);1H3. The van der Waals surface area contributed by atoms with Crippen molar-refractivity contribution in [1.29, 1.82) is 0 Å². The zero-order chi connectivity index (χ0) is 59.8. The predicted molar refractivity (Wildman–Crippen MR) is 312 cm³/mol. The molecule has 0 aliphatic heterocycles. The Kier molecular flexibility index (Phi) is 25.2. The molecule has 0 radical (unpaired) electrons. The first kappa shape index (κ1) is 64.9. The second-order valence-electron chi connectivity index (χ2n) is 15.9. The van der Waals surface area contributed by atoms with Crippen molar-refractivity contribution in [3.05, 3.63) is 144 Å². The largest absolute Gasteiger partial charge is 0.471 e. The zero-order valence-electron chi connectivity index (χ0n) is 43.9. The Bertz CT molecular complexity index is 3440. The third kappa shape index (κ3) is 20.9. The van der Waals surface area contributed by atoms with Crippen LogP contribution in [0.1, 0.15) is 21.5 Å². The van der Waals surface area contributed by atoms with E-state index < -0.39 is 24.1 Å². The molecule has 35 heteroatoms. The molecule has 0 aliphatic rings. The van der Waals surface area contributed by atoms with Gasteiger partial charge in [0.1, 0.15) is 64.9 Å². The summed E-state index contributed by atoms with van der Waals surface area (Å²) in [5, 5.41) is 10.9. The first-order valence-corrected chi connectivity index (χ1v) is 28.1. The van der Waals surface area contributed by atoms with Crippen molar-refractivity contribution in [1.82, 2.24) is 80.1 Å². The number of alkyl halides is 8. The Hall–Kier alpha value is -7.96. The normalized spacial score (nSPS) is 10.6. The second kappa shape index (κ2) is 31.9. The van der Waals surface area contributed by atoms with Gasteiger partial charge in [0.15, 0.2) is 5.82 Å². The molecule has 0 saturated heterocycles. The van der Waals surface area contributed by atoms with Crippen molar-refractivity contribution in [3.8, 4) is 21.4 Å². The quantitative estimate of drug-likeness (QED) is 0.0497. The predicted octanol–water partition coefficient (Wildman–Crippen LogP) is 10.9. The number of nitrogens with zero attached hydrogens (tertiary/aromatic N) is 20. The van der Waals surface area contributed by atoms with E-state index in [4.69, 9.17) is 17.3 Å². The summed E-state index contributed by atoms with van der Waals surface area (Å²) in [6, 6.07) is 12.2. The van der Waals surface area contributed by atoms with Crippen LogP contribution in [0, 0.1) is 0 Å². The molecule has 10 rings (SSSR count). The average Bonchev–Trinajstić information content (AvgIpc) is 4.37. The first-order chi connectivity index (χ1) is 39.2. The van der Waals surface area contributed by atoms with Crippen molar-refractivity contribution in [2.45, 2.75) is 24.2 Å². The van der Waals surface area contributed by atoms with Gasteiger partial charge in [0.05, 0.1) is 34.9 Å². The highest BCUT2D eigenvalue weighted by molar-refractivity contribution is 14.1. The van der Waals surface area contributed by atoms with E-state index in [0.29, 0.717) is 61.7 Å². The third-order valence-corrected chi connectivity index (χ3v) is 12.7. The highest BCUT2D eigenvalue weighted by atomic mass is 127. The van der Waals surface area contributed by atoms with Gasteiger partial charge in [-0.15, -0.1) is 22.7 Å². The molecule has 10 aromatic heterocycles. The SMILES string of the molecule is CI.CN(C)c1cc(Cl)ncn1.CN(C)c1cc(N(Cc2ccc(-c3noc(C(F)(F)F)n3)s2)c2cnccn2)ncn1.CN(C)c1cc(Nc2cnccn2)ncn1.FC(F)(F)c1nc(-c2ccc(CBr)s2)no1.Nc1cnccn1. The lowest BCUT2D eigenvalue weighted by molar-refractivity contribution is -0.160. The number of nitrogens with two attached hydrogens (primary N) is 1. The lowest BCUT2D eigenvalue weighted by Gasteiger charge is -2.22. The van der Waals surface area contributed by atoms with E-state index in [2.05, 4.69) is 133 Å². The van der Waals surface area contributed by atoms with Crippen LogP contribution in [0.5, 0.6) is 0 Å². The van der Waals surface area contributed by atoms with Gasteiger partial charge in [-0.25, -0.2) is 44.9 Å². The molecule has 0 amide bonds. The van der Waals surface area contributed by atoms with Gasteiger partial charge in [-0.05, 0) is 29.2 Å². The van der Waals surface area contributed by atoms with Crippen LogP contribution in [0.25, 0.3) is 21.4 Å². The van der Waals surface area contributed by atoms with Gasteiger partial charge in [0, 0.05) is 113 Å². The molecule has 432 valence electrons. The van der Waals surface area contributed by atoms with Crippen LogP contribution in [0.2, 0.25) is 5.15 Å². The maximum Gasteiger partial charge on any atom is 0.471 e. The van der Waals surface area contributed by atoms with Crippen molar-refractivity contribution < 1.29 is 35.4 Å². The Morgan fingerprint density at radius 3 is 1.49 bits per heavy atom. The third-order valence-electron chi connectivity index (χ3n) is 9.34. The molecule has 24 nitrogen and oxygen atoms in total. The molecule has 3 N–H and O–H groups in total. The van der Waals surface area contributed by atoms with Crippen molar-refractivity contribution in [3.63, 3.8) is 0 Å². The molecule has 0 unspecified atom stereocenters. The molecule has 0 aliphatic carbocycles. The van der Waals surface area contributed by atoms with Gasteiger partial charge in [0.2, 0.25) is 11.6 Å². The Morgan fingerprint density at radius 1 is 0.561 bits per heavy atom. The van der Waals surface area contributed by atoms with Crippen LogP contribution in [0.15, 0.2) is 126 Å². The van der Waals surface area contributed by atoms with Gasteiger partial charge < -0.3 is 39.7 Å². The summed E-state index contributed by atoms with van der Waals surface area (Å²) in [6.07, 6.45) is 9.35. The fourth-order valence-electron chi connectivity index (χ4n) is 5.66. The Morgan fingerprint density at radius 2 is 1.05 bits per heavy atom. The van der Waals surface area contributed by atoms with Gasteiger partial charge >= 0.3 is 24.1 Å². The van der Waals surface area contributed by atoms with Gasteiger partial charge in [0.25, 0.3) is 0 Å². The minimum Gasteiger partial charge on any atom is -0.382 e. The summed E-state index contributed by atoms with van der Waals surface area (Å²) in [6.45, 7) is 0.344. The minimum atomic E-state index is -4.69. The molecule has 10 heterocycles. The average molecular weight is 1370 g/mol. The van der Waals surface area contributed by atoms with E-state index in [0.717, 1.165) is 21.4 Å². The molecule has 0 saturated carbocycles. The van der Waals surface area contributed by atoms with Crippen molar-refractivity contribution in [2.24, 2.45) is 0 Å². The number of thiophene rings is 2. The number of hydrogen-bond acceptors (Lipinski definition) is 26. The van der Waals surface area contributed by atoms with E-state index in [-0.39, 0.29) is 11.6 Å². The summed E-state index contributed by atoms with van der Waals surface area (Å²) in [7, 11) is 11.4. The second-order valence-corrected chi connectivity index (χ2v) is 19.2. The Labute approximate surface area is 499 Å². The van der Waals surface area contributed by atoms with Crippen molar-refractivity contribution >= 4 is 119 Å². The maximum atomic E-state index is 12.7. The fraction of sp³-hybridized carbons (Fsp3) is 0.234. The molecule has 10 aromatic rings. The fourth-order valence-corrected chi connectivity index (χ4v) is 8.04. The number of halogens is 9. The van der Waals surface area contributed by atoms with Crippen LogP contribution in [0.3, 0.4) is 0 Å². The lowest BCUT2D eigenvalue weighted by atomic mass is 10.3. The van der Waals surface area contributed by atoms with Crippen LogP contribution >= 0.6 is 72.8 Å². The molecule has 0 fully saturated rings. The summed E-state index contributed by atoms with van der Waals surface area (Å²) in [5.41, 5.74) is 5.18. The van der Waals surface area contributed by atoms with E-state index >= 15 is 0 Å². The topological polar surface area (TPSA) is 284 Å². The zero-order valence-corrected chi connectivity index (χ0v) is 50.1. The molecular weight excluding hydrogens is 1330 g/mol. The smallest absolute Gasteiger partial charge is 0.382 e. The molecule has 0 bridgehead atoms. The molecular formula is C47H47BrClF6IN22O2S2.